The number of hydrogen-bond donors (Lipinski definition) is 0. The summed E-state index contributed by atoms with van der Waals surface area (Å²) in [7, 11) is 1.91. The summed E-state index contributed by atoms with van der Waals surface area (Å²) < 4.78 is 24.7. The van der Waals surface area contributed by atoms with Gasteiger partial charge >= 0.3 is 0 Å². The van der Waals surface area contributed by atoms with Crippen molar-refractivity contribution in [3.05, 3.63) is 77.0 Å². The van der Waals surface area contributed by atoms with Crippen LogP contribution in [-0.2, 0) is 13.5 Å². The molecule has 0 saturated carbocycles. The van der Waals surface area contributed by atoms with Crippen molar-refractivity contribution in [2.75, 3.05) is 0 Å². The highest BCUT2D eigenvalue weighted by Gasteiger charge is 2.23. The van der Waals surface area contributed by atoms with E-state index < -0.39 is 6.85 Å². The first-order valence-corrected chi connectivity index (χ1v) is 7.57. The van der Waals surface area contributed by atoms with Crippen LogP contribution in [0.2, 0.25) is 0 Å². The van der Waals surface area contributed by atoms with E-state index in [0.29, 0.717) is 5.56 Å². The van der Waals surface area contributed by atoms with Crippen molar-refractivity contribution in [3.8, 4) is 22.4 Å². The first kappa shape index (κ1) is 10.3. The van der Waals surface area contributed by atoms with E-state index in [1.807, 2.05) is 17.7 Å². The maximum Gasteiger partial charge on any atom is 0.212 e. The molecule has 0 N–H and O–H groups in total. The predicted molar refractivity (Wildman–Crippen MR) is 90.8 cm³/mol. The molecule has 0 fully saturated rings. The van der Waals surface area contributed by atoms with Crippen LogP contribution in [0.1, 0.15) is 26.4 Å². The summed E-state index contributed by atoms with van der Waals surface area (Å²) in [5, 5.41) is 0. The fourth-order valence-corrected chi connectivity index (χ4v) is 3.58. The molecule has 1 aliphatic carbocycles. The highest BCUT2D eigenvalue weighted by molar-refractivity contribution is 5.84. The zero-order chi connectivity index (χ0) is 17.8. The minimum Gasteiger partial charge on any atom is -0.201 e. The first-order chi connectivity index (χ1) is 11.9. The largest absolute Gasteiger partial charge is 0.212 e. The summed E-state index contributed by atoms with van der Waals surface area (Å²) in [6.45, 7) is 0.0795. The van der Waals surface area contributed by atoms with Gasteiger partial charge in [0, 0.05) is 21.3 Å². The van der Waals surface area contributed by atoms with Gasteiger partial charge < -0.3 is 0 Å². The van der Waals surface area contributed by atoms with Crippen molar-refractivity contribution in [2.45, 2.75) is 20.2 Å². The molecule has 22 heavy (non-hydrogen) atoms. The van der Waals surface area contributed by atoms with Crippen LogP contribution in [0, 0.1) is 13.8 Å². The third kappa shape index (κ3) is 1.89. The average molecular weight is 289 g/mol. The highest BCUT2D eigenvalue weighted by atomic mass is 14.9. The van der Waals surface area contributed by atoms with Gasteiger partial charge in [0.05, 0.1) is 0 Å². The molecule has 1 heteroatoms. The monoisotopic (exact) mass is 289 g/mol. The van der Waals surface area contributed by atoms with E-state index in [1.54, 1.807) is 12.3 Å². The smallest absolute Gasteiger partial charge is 0.201 e. The van der Waals surface area contributed by atoms with E-state index in [4.69, 9.17) is 4.11 Å². The molecule has 108 valence electrons. The Hall–Kier alpha value is -2.41. The lowest BCUT2D eigenvalue weighted by Crippen LogP contribution is -2.31. The van der Waals surface area contributed by atoms with Crippen LogP contribution < -0.4 is 4.57 Å². The molecule has 0 spiro atoms. The molecule has 0 aliphatic heterocycles. The van der Waals surface area contributed by atoms with Crippen molar-refractivity contribution in [1.29, 1.82) is 0 Å². The maximum atomic E-state index is 7.59. The molecule has 0 radical (unpaired) electrons. The highest BCUT2D eigenvalue weighted by Crippen LogP contribution is 2.41. The first-order valence-electron chi connectivity index (χ1n) is 9.07. The van der Waals surface area contributed by atoms with Gasteiger partial charge in [-0.3, -0.25) is 0 Å². The van der Waals surface area contributed by atoms with Crippen LogP contribution in [0.3, 0.4) is 0 Å². The van der Waals surface area contributed by atoms with Crippen LogP contribution in [-0.4, -0.2) is 0 Å². The Kier molecular flexibility index (Phi) is 2.26. The van der Waals surface area contributed by atoms with Gasteiger partial charge in [-0.15, -0.1) is 0 Å². The second kappa shape index (κ2) is 4.81. The Morgan fingerprint density at radius 3 is 2.64 bits per heavy atom. The number of pyridine rings is 1. The normalized spacial score (nSPS) is 14.7. The van der Waals surface area contributed by atoms with Gasteiger partial charge in [0.1, 0.15) is 7.05 Å². The fourth-order valence-electron chi connectivity index (χ4n) is 3.58. The van der Waals surface area contributed by atoms with Crippen LogP contribution in [0.5, 0.6) is 0 Å². The van der Waals surface area contributed by atoms with Crippen molar-refractivity contribution in [1.82, 2.24) is 0 Å². The molecule has 3 aromatic rings. The number of aryl methyl sites for hydroxylation is 2. The van der Waals surface area contributed by atoms with Crippen molar-refractivity contribution in [2.24, 2.45) is 7.05 Å². The number of nitrogens with zero attached hydrogens (tertiary/aromatic N) is 1. The molecule has 1 aromatic heterocycles. The average Bonchev–Trinajstić information content (AvgIpc) is 2.94. The summed E-state index contributed by atoms with van der Waals surface area (Å²) in [6, 6.07) is 16.6. The SMILES string of the molecule is [2H]C([2H])([2H])c1ccc(-c2ccc3c(c2C)-c2ccccc2C3)[n+](C)c1. The predicted octanol–water partition coefficient (Wildman–Crippen LogP) is 4.37. The Morgan fingerprint density at radius 2 is 1.82 bits per heavy atom. The molecule has 4 rings (SSSR count). The Balaban J connectivity index is 1.87. The lowest BCUT2D eigenvalue weighted by atomic mass is 9.94. The maximum absolute atomic E-state index is 7.59. The summed E-state index contributed by atoms with van der Waals surface area (Å²) >= 11 is 0. The van der Waals surface area contributed by atoms with Crippen LogP contribution >= 0.6 is 0 Å². The molecule has 0 saturated heterocycles. The Labute approximate surface area is 136 Å². The van der Waals surface area contributed by atoms with Crippen LogP contribution in [0.15, 0.2) is 54.7 Å². The number of benzene rings is 2. The molecule has 0 atom stereocenters. The number of aromatic nitrogens is 1. The van der Waals surface area contributed by atoms with Gasteiger partial charge in [0.2, 0.25) is 5.69 Å². The Bertz CT molecular complexity index is 987. The van der Waals surface area contributed by atoms with E-state index >= 15 is 0 Å². The fraction of sp³-hybridized carbons (Fsp3) is 0.190. The lowest BCUT2D eigenvalue weighted by Gasteiger charge is -2.11. The molecular weight excluding hydrogens is 266 g/mol. The molecule has 2 aromatic carbocycles. The number of hydrogen-bond acceptors (Lipinski definition) is 0. The number of fused-ring (bicyclic) bond motifs is 3. The second-order valence-electron chi connectivity index (χ2n) is 6.02. The standard InChI is InChI=1S/C21H20N/c1-14-8-11-20(22(3)13-14)18-10-9-17-12-16-6-4-5-7-19(16)21(17)15(18)2/h4-11,13H,12H2,1-3H3/q+1/i1D3. The molecule has 1 heterocycles. The molecule has 0 unspecified atom stereocenters. The zero-order valence-corrected chi connectivity index (χ0v) is 12.9. The van der Waals surface area contributed by atoms with Gasteiger partial charge in [-0.1, -0.05) is 30.3 Å². The Morgan fingerprint density at radius 1 is 0.955 bits per heavy atom. The van der Waals surface area contributed by atoms with Gasteiger partial charge in [0.25, 0.3) is 0 Å². The van der Waals surface area contributed by atoms with Gasteiger partial charge in [0.15, 0.2) is 6.20 Å². The van der Waals surface area contributed by atoms with Crippen LogP contribution in [0.25, 0.3) is 22.4 Å². The van der Waals surface area contributed by atoms with Crippen molar-refractivity contribution >= 4 is 0 Å². The van der Waals surface area contributed by atoms with E-state index in [1.165, 1.54) is 27.8 Å². The van der Waals surface area contributed by atoms with E-state index in [-0.39, 0.29) is 0 Å². The lowest BCUT2D eigenvalue weighted by molar-refractivity contribution is -0.660. The summed E-state index contributed by atoms with van der Waals surface area (Å²) in [6.07, 6.45) is 2.69. The minimum absolute atomic E-state index is 0.364. The third-order valence-corrected chi connectivity index (χ3v) is 4.63. The van der Waals surface area contributed by atoms with E-state index in [2.05, 4.69) is 43.3 Å². The van der Waals surface area contributed by atoms with Gasteiger partial charge in [-0.2, -0.15) is 0 Å². The summed E-state index contributed by atoms with van der Waals surface area (Å²) in [4.78, 5) is 0. The van der Waals surface area contributed by atoms with Gasteiger partial charge in [-0.25, -0.2) is 4.57 Å². The zero-order valence-electron chi connectivity index (χ0n) is 15.9. The van der Waals surface area contributed by atoms with Crippen molar-refractivity contribution in [3.63, 3.8) is 0 Å². The molecular formula is C21H20N+. The summed E-state index contributed by atoms with van der Waals surface area (Å²) in [5.41, 5.74) is 9.17. The van der Waals surface area contributed by atoms with Gasteiger partial charge in [-0.05, 0) is 60.1 Å². The molecule has 0 bridgehead atoms. The minimum atomic E-state index is -2.08. The topological polar surface area (TPSA) is 3.88 Å². The molecule has 1 nitrogen and oxygen atoms in total. The molecule has 1 aliphatic rings. The third-order valence-electron chi connectivity index (χ3n) is 4.63. The second-order valence-corrected chi connectivity index (χ2v) is 6.02. The van der Waals surface area contributed by atoms with E-state index in [9.17, 15) is 0 Å². The van der Waals surface area contributed by atoms with Crippen molar-refractivity contribution < 1.29 is 8.68 Å². The summed E-state index contributed by atoms with van der Waals surface area (Å²) in [5.74, 6) is 0. The quantitative estimate of drug-likeness (QED) is 0.458. The number of rotatable bonds is 1. The van der Waals surface area contributed by atoms with Crippen LogP contribution in [0.4, 0.5) is 0 Å². The van der Waals surface area contributed by atoms with E-state index in [0.717, 1.165) is 17.7 Å². The molecule has 0 amide bonds.